The summed E-state index contributed by atoms with van der Waals surface area (Å²) in [7, 11) is 0. The summed E-state index contributed by atoms with van der Waals surface area (Å²) in [6, 6.07) is 5.51. The van der Waals surface area contributed by atoms with Gasteiger partial charge >= 0.3 is 0 Å². The summed E-state index contributed by atoms with van der Waals surface area (Å²) < 4.78 is 1.95. The Morgan fingerprint density at radius 2 is 2.11 bits per heavy atom. The van der Waals surface area contributed by atoms with Gasteiger partial charge in [0.05, 0.1) is 11.0 Å². The summed E-state index contributed by atoms with van der Waals surface area (Å²) in [5.41, 5.74) is 7.82. The third-order valence-corrected chi connectivity index (χ3v) is 3.19. The molecule has 0 spiro atoms. The first-order valence-electron chi connectivity index (χ1n) is 6.38. The van der Waals surface area contributed by atoms with Gasteiger partial charge in [0.1, 0.15) is 11.9 Å². The molecule has 0 saturated heterocycles. The van der Waals surface area contributed by atoms with Crippen molar-refractivity contribution in [2.45, 2.75) is 33.4 Å². The van der Waals surface area contributed by atoms with E-state index in [4.69, 9.17) is 5.73 Å². The van der Waals surface area contributed by atoms with Gasteiger partial charge in [0.15, 0.2) is 0 Å². The van der Waals surface area contributed by atoms with Crippen molar-refractivity contribution in [2.24, 2.45) is 5.41 Å². The zero-order chi connectivity index (χ0) is 14.2. The second-order valence-corrected chi connectivity index (χ2v) is 5.80. The van der Waals surface area contributed by atoms with Gasteiger partial charge in [0, 0.05) is 24.3 Å². The van der Waals surface area contributed by atoms with E-state index >= 15 is 0 Å². The molecule has 5 heteroatoms. The summed E-state index contributed by atoms with van der Waals surface area (Å²) in [4.78, 5) is 4.44. The van der Waals surface area contributed by atoms with Crippen LogP contribution in [0.4, 0.5) is 5.69 Å². The fourth-order valence-electron chi connectivity index (χ4n) is 2.13. The number of nitrogens with two attached hydrogens (primary N) is 1. The molecule has 2 aromatic rings. The number of nitrogen functional groups attached to an aromatic ring is 1. The highest BCUT2D eigenvalue weighted by molar-refractivity contribution is 5.79. The lowest BCUT2D eigenvalue weighted by molar-refractivity contribution is 0.132. The van der Waals surface area contributed by atoms with Gasteiger partial charge in [-0.3, -0.25) is 0 Å². The quantitative estimate of drug-likeness (QED) is 0.733. The number of imidazole rings is 1. The fourth-order valence-corrected chi connectivity index (χ4v) is 2.13. The molecule has 0 aliphatic carbocycles. The predicted octanol–water partition coefficient (Wildman–Crippen LogP) is 1.69. The Morgan fingerprint density at radius 1 is 1.42 bits per heavy atom. The molecule has 1 aromatic heterocycles. The average molecular weight is 263 g/mol. The van der Waals surface area contributed by atoms with Crippen LogP contribution in [0.15, 0.2) is 18.2 Å². The monoisotopic (exact) mass is 263 g/mol. The lowest BCUT2D eigenvalue weighted by Crippen LogP contribution is -2.25. The van der Waals surface area contributed by atoms with Crippen molar-refractivity contribution < 1.29 is 10.2 Å². The molecule has 0 saturated carbocycles. The summed E-state index contributed by atoms with van der Waals surface area (Å²) in [5.74, 6) is 0.599. The first-order chi connectivity index (χ1) is 8.84. The van der Waals surface area contributed by atoms with Crippen molar-refractivity contribution >= 4 is 16.7 Å². The van der Waals surface area contributed by atoms with Gasteiger partial charge in [-0.25, -0.2) is 4.98 Å². The number of hydrogen-bond donors (Lipinski definition) is 3. The summed E-state index contributed by atoms with van der Waals surface area (Å²) in [6.45, 7) is 6.29. The normalized spacial score (nSPS) is 13.9. The van der Waals surface area contributed by atoms with E-state index < -0.39 is 6.10 Å². The van der Waals surface area contributed by atoms with Gasteiger partial charge in [0.2, 0.25) is 0 Å². The van der Waals surface area contributed by atoms with Crippen molar-refractivity contribution in [2.75, 3.05) is 12.3 Å². The minimum Gasteiger partial charge on any atom is -0.399 e. The molecule has 1 unspecified atom stereocenters. The highest BCUT2D eigenvalue weighted by Gasteiger charge is 2.22. The smallest absolute Gasteiger partial charge is 0.138 e. The Balaban J connectivity index is 2.59. The van der Waals surface area contributed by atoms with E-state index in [9.17, 15) is 10.2 Å². The number of nitrogens with zero attached hydrogens (tertiary/aromatic N) is 2. The highest BCUT2D eigenvalue weighted by Crippen LogP contribution is 2.27. The minimum atomic E-state index is -0.664. The second-order valence-electron chi connectivity index (χ2n) is 5.80. The van der Waals surface area contributed by atoms with Gasteiger partial charge in [-0.05, 0) is 25.1 Å². The van der Waals surface area contributed by atoms with Crippen molar-refractivity contribution in [3.8, 4) is 0 Å². The zero-order valence-corrected chi connectivity index (χ0v) is 11.6. The molecule has 2 rings (SSSR count). The summed E-state index contributed by atoms with van der Waals surface area (Å²) in [6.07, 6.45) is -0.664. The number of hydrogen-bond acceptors (Lipinski definition) is 4. The highest BCUT2D eigenvalue weighted by atomic mass is 16.3. The largest absolute Gasteiger partial charge is 0.399 e. The van der Waals surface area contributed by atoms with Crippen LogP contribution in [0.3, 0.4) is 0 Å². The first kappa shape index (κ1) is 13.8. The molecule has 0 radical (unpaired) electrons. The molecule has 0 aliphatic rings. The molecule has 1 aromatic carbocycles. The molecule has 0 aliphatic heterocycles. The molecule has 19 heavy (non-hydrogen) atoms. The van der Waals surface area contributed by atoms with Gasteiger partial charge < -0.3 is 20.5 Å². The molecule has 104 valence electrons. The molecule has 4 N–H and O–H groups in total. The first-order valence-corrected chi connectivity index (χ1v) is 6.38. The van der Waals surface area contributed by atoms with E-state index in [-0.39, 0.29) is 12.0 Å². The Hall–Kier alpha value is -1.59. The van der Waals surface area contributed by atoms with Crippen LogP contribution in [-0.2, 0) is 6.54 Å². The van der Waals surface area contributed by atoms with Crippen LogP contribution in [0.1, 0.15) is 32.7 Å². The molecule has 0 amide bonds. The van der Waals surface area contributed by atoms with Crippen LogP contribution in [0, 0.1) is 5.41 Å². The van der Waals surface area contributed by atoms with Gasteiger partial charge in [0.25, 0.3) is 0 Å². The third-order valence-electron chi connectivity index (χ3n) is 3.19. The fraction of sp³-hybridized carbons (Fsp3) is 0.500. The maximum absolute atomic E-state index is 9.87. The second kappa shape index (κ2) is 4.83. The Bertz CT molecular complexity index is 588. The Labute approximate surface area is 112 Å². The number of aliphatic hydroxyl groups is 2. The SMILES string of the molecule is CC(O)c1nc2cc(N)ccc2n1CC(C)(C)CO. The molecule has 0 bridgehead atoms. The maximum Gasteiger partial charge on any atom is 0.138 e. The number of anilines is 1. The number of benzene rings is 1. The minimum absolute atomic E-state index is 0.0703. The lowest BCUT2D eigenvalue weighted by Gasteiger charge is -2.24. The van der Waals surface area contributed by atoms with Gasteiger partial charge in [-0.2, -0.15) is 0 Å². The standard InChI is InChI=1S/C14H21N3O2/c1-9(19)13-16-11-6-10(15)4-5-12(11)17(13)7-14(2,3)8-18/h4-6,9,18-19H,7-8,15H2,1-3H3. The molecule has 0 fully saturated rings. The van der Waals surface area contributed by atoms with Crippen molar-refractivity contribution in [3.63, 3.8) is 0 Å². The number of fused-ring (bicyclic) bond motifs is 1. The van der Waals surface area contributed by atoms with E-state index in [1.54, 1.807) is 13.0 Å². The lowest BCUT2D eigenvalue weighted by atomic mass is 9.94. The zero-order valence-electron chi connectivity index (χ0n) is 11.6. The number of rotatable bonds is 4. The number of aromatic nitrogens is 2. The molecule has 1 heterocycles. The Morgan fingerprint density at radius 3 is 2.68 bits per heavy atom. The van der Waals surface area contributed by atoms with E-state index in [1.165, 1.54) is 0 Å². The van der Waals surface area contributed by atoms with Gasteiger partial charge in [-0.1, -0.05) is 13.8 Å². The van der Waals surface area contributed by atoms with Crippen molar-refractivity contribution in [3.05, 3.63) is 24.0 Å². The predicted molar refractivity (Wildman–Crippen MR) is 75.6 cm³/mol. The average Bonchev–Trinajstić information content (AvgIpc) is 2.67. The van der Waals surface area contributed by atoms with Crippen LogP contribution in [0.25, 0.3) is 11.0 Å². The number of aliphatic hydroxyl groups excluding tert-OH is 2. The van der Waals surface area contributed by atoms with E-state index in [0.29, 0.717) is 18.1 Å². The van der Waals surface area contributed by atoms with Crippen LogP contribution in [0.2, 0.25) is 0 Å². The van der Waals surface area contributed by atoms with Gasteiger partial charge in [-0.15, -0.1) is 0 Å². The van der Waals surface area contributed by atoms with E-state index in [0.717, 1.165) is 11.0 Å². The molecular weight excluding hydrogens is 242 g/mol. The van der Waals surface area contributed by atoms with E-state index in [2.05, 4.69) is 4.98 Å². The molecule has 5 nitrogen and oxygen atoms in total. The topological polar surface area (TPSA) is 84.3 Å². The molecule has 1 atom stereocenters. The summed E-state index contributed by atoms with van der Waals surface area (Å²) >= 11 is 0. The van der Waals surface area contributed by atoms with Crippen LogP contribution in [-0.4, -0.2) is 26.4 Å². The van der Waals surface area contributed by atoms with E-state index in [1.807, 2.05) is 30.5 Å². The summed E-state index contributed by atoms with van der Waals surface area (Å²) in [5, 5.41) is 19.3. The van der Waals surface area contributed by atoms with Crippen molar-refractivity contribution in [1.82, 2.24) is 9.55 Å². The van der Waals surface area contributed by atoms with Crippen LogP contribution in [0.5, 0.6) is 0 Å². The van der Waals surface area contributed by atoms with Crippen LogP contribution < -0.4 is 5.73 Å². The Kier molecular flexibility index (Phi) is 3.52. The maximum atomic E-state index is 9.87. The van der Waals surface area contributed by atoms with Crippen LogP contribution >= 0.6 is 0 Å². The van der Waals surface area contributed by atoms with Crippen molar-refractivity contribution in [1.29, 1.82) is 0 Å². The molecular formula is C14H21N3O2. The third kappa shape index (κ3) is 2.72.